The smallest absolute Gasteiger partial charge is 0.150 e. The zero-order chi connectivity index (χ0) is 39.0. The molecule has 7 aromatic rings. The molecule has 0 aliphatic carbocycles. The molecule has 0 N–H and O–H groups in total. The van der Waals surface area contributed by atoms with Gasteiger partial charge >= 0.3 is 0 Å². The van der Waals surface area contributed by atoms with Crippen LogP contribution in [0.15, 0.2) is 158 Å². The van der Waals surface area contributed by atoms with E-state index in [-0.39, 0.29) is 0 Å². The van der Waals surface area contributed by atoms with Crippen LogP contribution in [-0.4, -0.2) is 37.7 Å². The molecule has 0 aromatic heterocycles. The van der Waals surface area contributed by atoms with Crippen molar-refractivity contribution in [1.82, 2.24) is 0 Å². The van der Waals surface area contributed by atoms with Gasteiger partial charge < -0.3 is 9.80 Å². The minimum absolute atomic E-state index is 0.403. The van der Waals surface area contributed by atoms with E-state index in [2.05, 4.69) is 0 Å². The summed E-state index contributed by atoms with van der Waals surface area (Å²) in [5.74, 6) is 0. The van der Waals surface area contributed by atoms with Crippen molar-refractivity contribution in [2.75, 3.05) is 9.80 Å². The van der Waals surface area contributed by atoms with E-state index >= 15 is 0 Å². The number of nitrogens with zero attached hydrogens (tertiary/aromatic N) is 2. The third-order valence-corrected chi connectivity index (χ3v) is 9.50. The standard InChI is InChI=1S/C48H32N2O6/c51-27-33-1-13-41(14-2-33)49(42-15-3-34(28-52)4-16-42)45-21-9-37(10-22-45)47-25-40(32-56)48(26-39(47)31-55)38-11-23-46(24-12-38)50(43-17-5-35(29-53)6-18-43)44-19-7-36(30-54)8-20-44/h1-32H. The quantitative estimate of drug-likeness (QED) is 0.102. The molecule has 7 rings (SSSR count). The van der Waals surface area contributed by atoms with E-state index < -0.39 is 0 Å². The summed E-state index contributed by atoms with van der Waals surface area (Å²) in [4.78, 5) is 74.5. The number of hydrogen-bond acceptors (Lipinski definition) is 8. The number of carbonyl (C=O) groups excluding carboxylic acids is 6. The number of benzene rings is 7. The topological polar surface area (TPSA) is 109 Å². The van der Waals surface area contributed by atoms with E-state index in [1.165, 1.54) is 0 Å². The van der Waals surface area contributed by atoms with E-state index in [1.807, 2.05) is 107 Å². The van der Waals surface area contributed by atoms with Crippen molar-refractivity contribution in [2.24, 2.45) is 0 Å². The highest BCUT2D eigenvalue weighted by Gasteiger charge is 2.18. The van der Waals surface area contributed by atoms with Crippen LogP contribution in [0.2, 0.25) is 0 Å². The maximum Gasteiger partial charge on any atom is 0.150 e. The van der Waals surface area contributed by atoms with Crippen LogP contribution in [0.3, 0.4) is 0 Å². The van der Waals surface area contributed by atoms with Crippen LogP contribution in [0, 0.1) is 0 Å². The zero-order valence-electron chi connectivity index (χ0n) is 29.8. The van der Waals surface area contributed by atoms with Crippen molar-refractivity contribution in [3.63, 3.8) is 0 Å². The molecule has 8 nitrogen and oxygen atoms in total. The van der Waals surface area contributed by atoms with Gasteiger partial charge in [0.2, 0.25) is 0 Å². The van der Waals surface area contributed by atoms with Crippen LogP contribution >= 0.6 is 0 Å². The van der Waals surface area contributed by atoms with E-state index in [9.17, 15) is 28.8 Å². The molecular weight excluding hydrogens is 701 g/mol. The Kier molecular flexibility index (Phi) is 10.7. The lowest BCUT2D eigenvalue weighted by atomic mass is 9.91. The molecule has 0 bridgehead atoms. The summed E-state index contributed by atoms with van der Waals surface area (Å²) in [5.41, 5.74) is 10.4. The highest BCUT2D eigenvalue weighted by atomic mass is 16.1. The van der Waals surface area contributed by atoms with Crippen molar-refractivity contribution >= 4 is 71.8 Å². The molecule has 0 radical (unpaired) electrons. The van der Waals surface area contributed by atoms with Crippen molar-refractivity contribution in [3.8, 4) is 22.3 Å². The van der Waals surface area contributed by atoms with Crippen LogP contribution in [-0.2, 0) is 0 Å². The molecule has 0 atom stereocenters. The molecule has 0 saturated carbocycles. The minimum Gasteiger partial charge on any atom is -0.311 e. The van der Waals surface area contributed by atoms with Gasteiger partial charge in [0.25, 0.3) is 0 Å². The first-order chi connectivity index (χ1) is 27.5. The van der Waals surface area contributed by atoms with E-state index in [0.29, 0.717) is 44.5 Å². The summed E-state index contributed by atoms with van der Waals surface area (Å²) in [5, 5.41) is 0. The summed E-state index contributed by atoms with van der Waals surface area (Å²) < 4.78 is 0. The van der Waals surface area contributed by atoms with E-state index in [4.69, 9.17) is 0 Å². The first kappa shape index (κ1) is 36.5. The Labute approximate surface area is 322 Å². The molecule has 0 aliphatic rings. The van der Waals surface area contributed by atoms with E-state index in [0.717, 1.165) is 83.0 Å². The number of anilines is 6. The van der Waals surface area contributed by atoms with E-state index in [1.54, 1.807) is 60.7 Å². The monoisotopic (exact) mass is 732 g/mol. The predicted molar refractivity (Wildman–Crippen MR) is 219 cm³/mol. The van der Waals surface area contributed by atoms with Gasteiger partial charge in [0, 0.05) is 67.5 Å². The van der Waals surface area contributed by atoms with Gasteiger partial charge in [-0.15, -0.1) is 0 Å². The second kappa shape index (κ2) is 16.4. The first-order valence-corrected chi connectivity index (χ1v) is 17.6. The number of hydrogen-bond donors (Lipinski definition) is 0. The molecule has 0 fully saturated rings. The second-order valence-corrected chi connectivity index (χ2v) is 12.9. The fraction of sp³-hybridized carbons (Fsp3) is 0. The highest BCUT2D eigenvalue weighted by Crippen LogP contribution is 2.39. The van der Waals surface area contributed by atoms with Crippen LogP contribution < -0.4 is 9.80 Å². The van der Waals surface area contributed by atoms with Crippen LogP contribution in [0.1, 0.15) is 62.1 Å². The Balaban J connectivity index is 1.23. The van der Waals surface area contributed by atoms with Gasteiger partial charge in [-0.2, -0.15) is 0 Å². The maximum absolute atomic E-state index is 12.6. The van der Waals surface area contributed by atoms with Gasteiger partial charge in [-0.25, -0.2) is 0 Å². The van der Waals surface area contributed by atoms with Gasteiger partial charge in [0.05, 0.1) is 0 Å². The molecule has 270 valence electrons. The van der Waals surface area contributed by atoms with Gasteiger partial charge in [-0.3, -0.25) is 28.8 Å². The SMILES string of the molecule is O=Cc1ccc(N(c2ccc(C=O)cc2)c2ccc(-c3cc(C=O)c(-c4ccc(N(c5ccc(C=O)cc5)c5ccc(C=O)cc5)cc4)cc3C=O)cc2)cc1. The lowest BCUT2D eigenvalue weighted by Crippen LogP contribution is -2.10. The van der Waals surface area contributed by atoms with Gasteiger partial charge in [0.15, 0.2) is 12.6 Å². The molecule has 0 heterocycles. The van der Waals surface area contributed by atoms with Crippen LogP contribution in [0.5, 0.6) is 0 Å². The number of carbonyl (C=O) groups is 6. The van der Waals surface area contributed by atoms with Gasteiger partial charge in [-0.05, 0) is 156 Å². The fourth-order valence-electron chi connectivity index (χ4n) is 6.61. The molecular formula is C48H32N2O6. The summed E-state index contributed by atoms with van der Waals surface area (Å²) in [7, 11) is 0. The summed E-state index contributed by atoms with van der Waals surface area (Å²) in [6, 6.07) is 47.2. The first-order valence-electron chi connectivity index (χ1n) is 17.6. The third-order valence-electron chi connectivity index (χ3n) is 9.50. The van der Waals surface area contributed by atoms with Crippen molar-refractivity contribution in [1.29, 1.82) is 0 Å². The largest absolute Gasteiger partial charge is 0.311 e. The lowest BCUT2D eigenvalue weighted by Gasteiger charge is -2.26. The maximum atomic E-state index is 12.6. The Morgan fingerprint density at radius 2 is 0.482 bits per heavy atom. The fourth-order valence-corrected chi connectivity index (χ4v) is 6.61. The van der Waals surface area contributed by atoms with Crippen LogP contribution in [0.25, 0.3) is 22.3 Å². The molecule has 0 spiro atoms. The average Bonchev–Trinajstić information content (AvgIpc) is 3.27. The molecule has 8 heteroatoms. The summed E-state index contributed by atoms with van der Waals surface area (Å²) >= 11 is 0. The average molecular weight is 733 g/mol. The predicted octanol–water partition coefficient (Wildman–Crippen LogP) is 10.8. The Morgan fingerprint density at radius 1 is 0.268 bits per heavy atom. The Hall–Kier alpha value is -7.84. The molecule has 0 aliphatic heterocycles. The molecule has 56 heavy (non-hydrogen) atoms. The molecule has 7 aromatic carbocycles. The Morgan fingerprint density at radius 3 is 0.679 bits per heavy atom. The second-order valence-electron chi connectivity index (χ2n) is 12.9. The van der Waals surface area contributed by atoms with Crippen molar-refractivity contribution in [2.45, 2.75) is 0 Å². The Bertz CT molecular complexity index is 2260. The van der Waals surface area contributed by atoms with Gasteiger partial charge in [0.1, 0.15) is 25.1 Å². The number of aldehydes is 6. The zero-order valence-corrected chi connectivity index (χ0v) is 29.8. The van der Waals surface area contributed by atoms with Crippen LogP contribution in [0.4, 0.5) is 34.1 Å². The normalized spacial score (nSPS) is 10.6. The minimum atomic E-state index is 0.403. The molecule has 0 amide bonds. The summed E-state index contributed by atoms with van der Waals surface area (Å²) in [6.45, 7) is 0. The molecule has 0 unspecified atom stereocenters. The van der Waals surface area contributed by atoms with Crippen molar-refractivity contribution in [3.05, 3.63) is 191 Å². The van der Waals surface area contributed by atoms with Gasteiger partial charge in [-0.1, -0.05) is 24.3 Å². The lowest BCUT2D eigenvalue weighted by molar-refractivity contribution is 0.111. The molecule has 0 saturated heterocycles. The highest BCUT2D eigenvalue weighted by molar-refractivity contribution is 5.98. The number of rotatable bonds is 14. The summed E-state index contributed by atoms with van der Waals surface area (Å²) in [6.07, 6.45) is 4.68. The van der Waals surface area contributed by atoms with Crippen molar-refractivity contribution < 1.29 is 28.8 Å². The third kappa shape index (κ3) is 7.48.